The Bertz CT molecular complexity index is 256. The molecule has 11 heteroatoms. The zero-order chi connectivity index (χ0) is 10.4. The van der Waals surface area contributed by atoms with Crippen LogP contribution in [0.2, 0.25) is 0 Å². The van der Waals surface area contributed by atoms with Crippen LogP contribution in [0.1, 0.15) is 0 Å². The third-order valence-electron chi connectivity index (χ3n) is 0.289. The monoisotopic (exact) mass is 244 g/mol. The maximum atomic E-state index is 9.13. The molecule has 0 spiro atoms. The van der Waals surface area contributed by atoms with E-state index in [1.807, 2.05) is 0 Å². The van der Waals surface area contributed by atoms with Crippen molar-refractivity contribution in [2.75, 3.05) is 11.9 Å². The van der Waals surface area contributed by atoms with Crippen molar-refractivity contribution < 1.29 is 36.2 Å². The van der Waals surface area contributed by atoms with Gasteiger partial charge in [0, 0.05) is 0 Å². The Hall–Kier alpha value is 0.506. The standard InChI is InChI=1S/2CH3O4S.Mg/c2*2-1-6(3,4)5;/h2*1H2,(H,3,4,5);/q2*-1;+2/p-2. The van der Waals surface area contributed by atoms with Crippen molar-refractivity contribution in [3.05, 3.63) is 0 Å². The van der Waals surface area contributed by atoms with E-state index in [9.17, 15) is 0 Å². The van der Waals surface area contributed by atoms with Gasteiger partial charge in [-0.05, 0) is 11.9 Å². The van der Waals surface area contributed by atoms with E-state index < -0.39 is 32.1 Å². The Kier molecular flexibility index (Phi) is 11.6. The minimum absolute atomic E-state index is 0. The van der Waals surface area contributed by atoms with Gasteiger partial charge in [-0.25, -0.2) is 16.8 Å². The second kappa shape index (κ2) is 7.87. The molecule has 0 saturated carbocycles. The molecule has 0 saturated heterocycles. The first-order valence-electron chi connectivity index (χ1n) is 2.15. The fourth-order valence-corrected chi connectivity index (χ4v) is 0. The predicted molar refractivity (Wildman–Crippen MR) is 34.9 cm³/mol. The van der Waals surface area contributed by atoms with Gasteiger partial charge < -0.3 is 19.3 Å². The zero-order valence-electron chi connectivity index (χ0n) is 6.20. The van der Waals surface area contributed by atoms with E-state index in [4.69, 9.17) is 36.2 Å². The zero-order valence-corrected chi connectivity index (χ0v) is 9.25. The van der Waals surface area contributed by atoms with Crippen molar-refractivity contribution in [3.63, 3.8) is 0 Å². The normalized spacial score (nSPS) is 10.8. The average molecular weight is 244 g/mol. The van der Waals surface area contributed by atoms with Crippen LogP contribution in [0.4, 0.5) is 0 Å². The molecule has 0 aromatic heterocycles. The molecule has 0 N–H and O–H groups in total. The van der Waals surface area contributed by atoms with Crippen LogP contribution in [0, 0.1) is 0 Å². The molecule has 13 heavy (non-hydrogen) atoms. The van der Waals surface area contributed by atoms with E-state index in [1.165, 1.54) is 0 Å². The molecule has 0 fully saturated rings. The van der Waals surface area contributed by atoms with Crippen LogP contribution in [0.15, 0.2) is 0 Å². The summed E-state index contributed by atoms with van der Waals surface area (Å²) in [5.74, 6) is -3.12. The SMILES string of the molecule is O=S(=O)([O-])C[O-].O=S(=O)([O-])C[O-].[Mg+2]. The van der Waals surface area contributed by atoms with Crippen LogP contribution in [-0.4, -0.2) is 60.9 Å². The van der Waals surface area contributed by atoms with Gasteiger partial charge in [-0.3, -0.25) is 0 Å². The molecule has 0 heterocycles. The first-order valence-corrected chi connectivity index (χ1v) is 5.31. The minimum Gasteiger partial charge on any atom is -0.844 e. The maximum Gasteiger partial charge on any atom is 2.00 e. The molecule has 0 bridgehead atoms. The van der Waals surface area contributed by atoms with Gasteiger partial charge in [-0.15, -0.1) is 0 Å². The van der Waals surface area contributed by atoms with Crippen molar-refractivity contribution in [2.45, 2.75) is 0 Å². The van der Waals surface area contributed by atoms with E-state index in [2.05, 4.69) is 0 Å². The first-order chi connectivity index (χ1) is 5.12. The van der Waals surface area contributed by atoms with E-state index in [1.54, 1.807) is 0 Å². The molecule has 0 aliphatic rings. The van der Waals surface area contributed by atoms with E-state index in [0.29, 0.717) is 0 Å². The molecule has 0 aromatic carbocycles. The van der Waals surface area contributed by atoms with Gasteiger partial charge in [-0.1, -0.05) is 0 Å². The van der Waals surface area contributed by atoms with Gasteiger partial charge >= 0.3 is 23.1 Å². The molecule has 0 aliphatic heterocycles. The van der Waals surface area contributed by atoms with Crippen LogP contribution in [0.25, 0.3) is 0 Å². The van der Waals surface area contributed by atoms with Crippen LogP contribution in [0.5, 0.6) is 0 Å². The van der Waals surface area contributed by atoms with Crippen molar-refractivity contribution >= 4 is 43.3 Å². The summed E-state index contributed by atoms with van der Waals surface area (Å²) < 4.78 is 54.8. The summed E-state index contributed by atoms with van der Waals surface area (Å²) in [5.41, 5.74) is 0. The predicted octanol–water partition coefficient (Wildman–Crippen LogP) is -4.68. The summed E-state index contributed by atoms with van der Waals surface area (Å²) in [6.07, 6.45) is 0. The van der Waals surface area contributed by atoms with E-state index >= 15 is 0 Å². The van der Waals surface area contributed by atoms with Crippen molar-refractivity contribution in [1.82, 2.24) is 0 Å². The van der Waals surface area contributed by atoms with Crippen molar-refractivity contribution in [3.8, 4) is 0 Å². The van der Waals surface area contributed by atoms with Gasteiger partial charge in [0.25, 0.3) is 0 Å². The van der Waals surface area contributed by atoms with Gasteiger partial charge in [0.15, 0.2) is 0 Å². The fourth-order valence-electron chi connectivity index (χ4n) is 0. The van der Waals surface area contributed by atoms with Gasteiger partial charge in [0.1, 0.15) is 0 Å². The topological polar surface area (TPSA) is 161 Å². The molecule has 0 rings (SSSR count). The molecule has 0 amide bonds. The fraction of sp³-hybridized carbons (Fsp3) is 1.00. The van der Waals surface area contributed by atoms with Crippen LogP contribution >= 0.6 is 0 Å². The van der Waals surface area contributed by atoms with Crippen LogP contribution < -0.4 is 10.2 Å². The summed E-state index contributed by atoms with van der Waals surface area (Å²) in [6.45, 7) is 0. The molecule has 76 valence electrons. The number of hydrogen-bond acceptors (Lipinski definition) is 8. The Morgan fingerprint density at radius 3 is 0.846 bits per heavy atom. The Balaban J connectivity index is -0.000000143. The molecule has 0 atom stereocenters. The van der Waals surface area contributed by atoms with Gasteiger partial charge in [-0.2, -0.15) is 0 Å². The van der Waals surface area contributed by atoms with Gasteiger partial charge in [0.2, 0.25) is 0 Å². The molecule has 0 unspecified atom stereocenters. The van der Waals surface area contributed by atoms with Crippen LogP contribution in [-0.2, 0) is 20.2 Å². The second-order valence-corrected chi connectivity index (χ2v) is 4.05. The molecule has 0 aromatic rings. The summed E-state index contributed by atoms with van der Waals surface area (Å²) in [5, 5.41) is 18.1. The molecule has 0 aliphatic carbocycles. The van der Waals surface area contributed by atoms with Crippen LogP contribution in [0.3, 0.4) is 0 Å². The first kappa shape index (κ1) is 19.1. The van der Waals surface area contributed by atoms with E-state index in [0.717, 1.165) is 0 Å². The largest absolute Gasteiger partial charge is 2.00 e. The number of rotatable bonds is 2. The molecule has 0 radical (unpaired) electrons. The Morgan fingerprint density at radius 1 is 0.769 bits per heavy atom. The van der Waals surface area contributed by atoms with Crippen molar-refractivity contribution in [2.24, 2.45) is 0 Å². The summed E-state index contributed by atoms with van der Waals surface area (Å²) in [4.78, 5) is 0. The third kappa shape index (κ3) is 32.6. The Morgan fingerprint density at radius 2 is 0.846 bits per heavy atom. The minimum atomic E-state index is -4.47. The quantitative estimate of drug-likeness (QED) is 0.346. The van der Waals surface area contributed by atoms with Crippen molar-refractivity contribution in [1.29, 1.82) is 0 Å². The van der Waals surface area contributed by atoms with E-state index in [-0.39, 0.29) is 23.1 Å². The Labute approximate surface area is 91.2 Å². The summed E-state index contributed by atoms with van der Waals surface area (Å²) in [6, 6.07) is 0. The van der Waals surface area contributed by atoms with Gasteiger partial charge in [0.05, 0.1) is 20.2 Å². The summed E-state index contributed by atoms with van der Waals surface area (Å²) >= 11 is 0. The molecular weight excluding hydrogens is 240 g/mol. The second-order valence-electron chi connectivity index (χ2n) is 1.35. The smallest absolute Gasteiger partial charge is 0.844 e. The molecule has 8 nitrogen and oxygen atoms in total. The number of hydrogen-bond donors (Lipinski definition) is 0. The average Bonchev–Trinajstić information content (AvgIpc) is 1.86. The summed E-state index contributed by atoms with van der Waals surface area (Å²) in [7, 11) is -8.94. The third-order valence-corrected chi connectivity index (χ3v) is 0.866. The molecular formula is C2H4MgO8S2-2. The maximum absolute atomic E-state index is 9.13.